The number of nitrogens with one attached hydrogen (secondary N) is 1. The Balaban J connectivity index is 1.29. The number of hydrogen-bond acceptors (Lipinski definition) is 12. The van der Waals surface area contributed by atoms with Crippen molar-refractivity contribution in [3.05, 3.63) is 70.3 Å². The summed E-state index contributed by atoms with van der Waals surface area (Å²) >= 11 is 0. The van der Waals surface area contributed by atoms with E-state index in [1.807, 2.05) is 30.3 Å². The average Bonchev–Trinajstić information content (AvgIpc) is 3.12. The van der Waals surface area contributed by atoms with Crippen molar-refractivity contribution in [2.45, 2.75) is 32.4 Å². The van der Waals surface area contributed by atoms with Crippen molar-refractivity contribution in [2.75, 3.05) is 77.4 Å². The van der Waals surface area contributed by atoms with E-state index in [-0.39, 0.29) is 0 Å². The van der Waals surface area contributed by atoms with Gasteiger partial charge < -0.3 is 43.5 Å². The van der Waals surface area contributed by atoms with Crippen LogP contribution in [0.2, 0.25) is 0 Å². The summed E-state index contributed by atoms with van der Waals surface area (Å²) in [6, 6.07) is 14.1. The zero-order valence-electron chi connectivity index (χ0n) is 27.9. The van der Waals surface area contributed by atoms with Gasteiger partial charge in [-0.15, -0.1) is 0 Å². The topological polar surface area (TPSA) is 113 Å². The third-order valence-electron chi connectivity index (χ3n) is 8.78. The molecule has 0 atom stereocenters. The second-order valence-corrected chi connectivity index (χ2v) is 11.4. The number of hydrogen-bond donors (Lipinski definition) is 1. The summed E-state index contributed by atoms with van der Waals surface area (Å²) < 4.78 is 33.4. The van der Waals surface area contributed by atoms with Crippen LogP contribution in [0.15, 0.2) is 42.5 Å². The number of benzene rings is 3. The largest absolute Gasteiger partial charge is 0.493 e. The van der Waals surface area contributed by atoms with E-state index in [4.69, 9.17) is 43.4 Å². The van der Waals surface area contributed by atoms with Crippen molar-refractivity contribution in [1.29, 1.82) is 0 Å². The Bertz CT molecular complexity index is 1640. The van der Waals surface area contributed by atoms with Gasteiger partial charge in [-0.25, -0.2) is 0 Å². The zero-order valence-corrected chi connectivity index (χ0v) is 27.9. The minimum atomic E-state index is 0.517. The van der Waals surface area contributed by atoms with E-state index in [1.165, 1.54) is 11.1 Å². The van der Waals surface area contributed by atoms with Gasteiger partial charge in [-0.05, 0) is 77.4 Å². The van der Waals surface area contributed by atoms with Gasteiger partial charge in [-0.3, -0.25) is 0 Å². The quantitative estimate of drug-likeness (QED) is 0.231. The Morgan fingerprint density at radius 2 is 1.09 bits per heavy atom. The first-order chi connectivity index (χ1) is 23.0. The maximum atomic E-state index is 5.65. The van der Waals surface area contributed by atoms with Gasteiger partial charge in [0, 0.05) is 32.7 Å². The molecule has 0 saturated heterocycles. The molecule has 12 heteroatoms. The second kappa shape index (κ2) is 14.1. The van der Waals surface area contributed by atoms with Crippen molar-refractivity contribution in [1.82, 2.24) is 15.0 Å². The minimum Gasteiger partial charge on any atom is -0.493 e. The molecule has 3 aromatic carbocycles. The minimum absolute atomic E-state index is 0.517. The van der Waals surface area contributed by atoms with E-state index in [0.29, 0.717) is 61.1 Å². The maximum absolute atomic E-state index is 5.65. The standard InChI is InChI=1S/C35H42N6O6/c1-42-27-9-7-8-22(32(27)47-6)10-13-36-33-37-34(40-14-11-23-16-28(43-2)30(45-4)18-25(23)20-40)39-35(38-33)41-15-12-24-17-29(44-3)31(46-5)19-26(24)21-41/h7-9,16-19H,10-15,20-21H2,1-6H3,(H,36,37,38,39). The Labute approximate surface area is 275 Å². The Morgan fingerprint density at radius 3 is 1.55 bits per heavy atom. The molecule has 47 heavy (non-hydrogen) atoms. The third-order valence-corrected chi connectivity index (χ3v) is 8.78. The fourth-order valence-electron chi connectivity index (χ4n) is 6.28. The summed E-state index contributed by atoms with van der Waals surface area (Å²) in [7, 11) is 9.94. The van der Waals surface area contributed by atoms with Crippen LogP contribution in [0.5, 0.6) is 34.5 Å². The monoisotopic (exact) mass is 642 g/mol. The lowest BCUT2D eigenvalue weighted by Gasteiger charge is -2.32. The lowest BCUT2D eigenvalue weighted by atomic mass is 9.99. The molecule has 0 unspecified atom stereocenters. The van der Waals surface area contributed by atoms with Crippen LogP contribution in [0.25, 0.3) is 0 Å². The van der Waals surface area contributed by atoms with Crippen LogP contribution in [-0.2, 0) is 32.4 Å². The number of aromatic nitrogens is 3. The van der Waals surface area contributed by atoms with Gasteiger partial charge in [0.15, 0.2) is 34.5 Å². The van der Waals surface area contributed by atoms with Crippen LogP contribution in [0, 0.1) is 0 Å². The highest BCUT2D eigenvalue weighted by Gasteiger charge is 2.26. The van der Waals surface area contributed by atoms with Crippen LogP contribution in [0.3, 0.4) is 0 Å². The molecular weight excluding hydrogens is 600 g/mol. The third kappa shape index (κ3) is 6.58. The molecule has 0 fully saturated rings. The van der Waals surface area contributed by atoms with Gasteiger partial charge in [0.05, 0.1) is 42.7 Å². The highest BCUT2D eigenvalue weighted by molar-refractivity contribution is 5.55. The van der Waals surface area contributed by atoms with Crippen molar-refractivity contribution < 1.29 is 28.4 Å². The van der Waals surface area contributed by atoms with E-state index >= 15 is 0 Å². The number of fused-ring (bicyclic) bond motifs is 2. The maximum Gasteiger partial charge on any atom is 0.232 e. The molecule has 248 valence electrons. The van der Waals surface area contributed by atoms with Crippen LogP contribution >= 0.6 is 0 Å². The Kier molecular flexibility index (Phi) is 9.55. The summed E-state index contributed by atoms with van der Waals surface area (Å²) in [6.07, 6.45) is 2.34. The molecule has 0 radical (unpaired) electrons. The SMILES string of the molecule is COc1cc2c(cc1OC)CN(c1nc(NCCc3cccc(OC)c3OC)nc(N3CCc4cc(OC)c(OC)cc4C3)n1)CC2. The Hall–Kier alpha value is -5.13. The zero-order chi connectivity index (χ0) is 32.9. The van der Waals surface area contributed by atoms with E-state index < -0.39 is 0 Å². The summed E-state index contributed by atoms with van der Waals surface area (Å²) in [4.78, 5) is 19.3. The summed E-state index contributed by atoms with van der Waals surface area (Å²) in [5, 5.41) is 3.46. The lowest BCUT2D eigenvalue weighted by molar-refractivity contribution is 0.352. The molecular formula is C35H42N6O6. The lowest BCUT2D eigenvalue weighted by Crippen LogP contribution is -2.35. The van der Waals surface area contributed by atoms with E-state index in [1.54, 1.807) is 42.7 Å². The van der Waals surface area contributed by atoms with Crippen molar-refractivity contribution >= 4 is 17.8 Å². The molecule has 6 rings (SSSR count). The number of methoxy groups -OCH3 is 6. The molecule has 0 spiro atoms. The molecule has 2 aliphatic heterocycles. The smallest absolute Gasteiger partial charge is 0.232 e. The molecule has 0 amide bonds. The Morgan fingerprint density at radius 1 is 0.596 bits per heavy atom. The second-order valence-electron chi connectivity index (χ2n) is 11.4. The highest BCUT2D eigenvalue weighted by atomic mass is 16.5. The van der Waals surface area contributed by atoms with Gasteiger partial charge in [0.25, 0.3) is 0 Å². The summed E-state index contributed by atoms with van der Waals surface area (Å²) in [6.45, 7) is 3.38. The fraction of sp³-hybridized carbons (Fsp3) is 0.400. The van der Waals surface area contributed by atoms with Gasteiger partial charge in [0.1, 0.15) is 0 Å². The predicted molar refractivity (Wildman–Crippen MR) is 180 cm³/mol. The normalized spacial score (nSPS) is 13.7. The molecule has 1 N–H and O–H groups in total. The molecule has 0 aliphatic carbocycles. The molecule has 3 heterocycles. The number of para-hydroxylation sites is 1. The number of anilines is 3. The molecule has 0 bridgehead atoms. The summed E-state index contributed by atoms with van der Waals surface area (Å²) in [5.41, 5.74) is 5.81. The van der Waals surface area contributed by atoms with E-state index in [0.717, 1.165) is 59.9 Å². The molecule has 2 aliphatic rings. The van der Waals surface area contributed by atoms with E-state index in [9.17, 15) is 0 Å². The highest BCUT2D eigenvalue weighted by Crippen LogP contribution is 2.36. The van der Waals surface area contributed by atoms with Crippen LogP contribution in [-0.4, -0.2) is 77.2 Å². The molecule has 1 aromatic heterocycles. The van der Waals surface area contributed by atoms with Crippen LogP contribution < -0.4 is 43.5 Å². The number of ether oxygens (including phenoxy) is 6. The number of rotatable bonds is 12. The first kappa shape index (κ1) is 31.8. The van der Waals surface area contributed by atoms with Gasteiger partial charge in [-0.2, -0.15) is 15.0 Å². The molecule has 0 saturated carbocycles. The predicted octanol–water partition coefficient (Wildman–Crippen LogP) is 4.70. The van der Waals surface area contributed by atoms with Gasteiger partial charge in [-0.1, -0.05) is 12.1 Å². The van der Waals surface area contributed by atoms with Gasteiger partial charge in [0.2, 0.25) is 17.8 Å². The van der Waals surface area contributed by atoms with Gasteiger partial charge >= 0.3 is 0 Å². The number of nitrogens with zero attached hydrogens (tertiary/aromatic N) is 5. The van der Waals surface area contributed by atoms with Crippen LogP contribution in [0.1, 0.15) is 27.8 Å². The molecule has 12 nitrogen and oxygen atoms in total. The van der Waals surface area contributed by atoms with Crippen molar-refractivity contribution in [3.63, 3.8) is 0 Å². The van der Waals surface area contributed by atoms with Crippen LogP contribution in [0.4, 0.5) is 17.8 Å². The van der Waals surface area contributed by atoms with Crippen molar-refractivity contribution in [3.8, 4) is 34.5 Å². The van der Waals surface area contributed by atoms with E-state index in [2.05, 4.69) is 27.2 Å². The average molecular weight is 643 g/mol. The molecule has 4 aromatic rings. The summed E-state index contributed by atoms with van der Waals surface area (Å²) in [5.74, 6) is 6.08. The fourth-order valence-corrected chi connectivity index (χ4v) is 6.28. The first-order valence-electron chi connectivity index (χ1n) is 15.7. The first-order valence-corrected chi connectivity index (χ1v) is 15.7. The van der Waals surface area contributed by atoms with Crippen molar-refractivity contribution in [2.24, 2.45) is 0 Å².